The molecule has 5 heteroatoms. The minimum Gasteiger partial charge on any atom is -0.310 e. The number of anilines is 1. The molecule has 1 aliphatic carbocycles. The first kappa shape index (κ1) is 12.3. The highest BCUT2D eigenvalue weighted by atomic mass is 35.5. The van der Waals surface area contributed by atoms with E-state index in [1.165, 1.54) is 12.8 Å². The normalized spacial score (nSPS) is 23.8. The van der Waals surface area contributed by atoms with E-state index >= 15 is 0 Å². The summed E-state index contributed by atoms with van der Waals surface area (Å²) in [5.41, 5.74) is 0.756. The van der Waals surface area contributed by atoms with Gasteiger partial charge in [0, 0.05) is 17.6 Å². The molecule has 0 bridgehead atoms. The van der Waals surface area contributed by atoms with Crippen LogP contribution in [0.2, 0.25) is 10.0 Å². The molecule has 18 heavy (non-hydrogen) atoms. The molecule has 0 radical (unpaired) electrons. The van der Waals surface area contributed by atoms with Gasteiger partial charge >= 0.3 is 0 Å². The molecule has 2 fully saturated rings. The second-order valence-electron chi connectivity index (χ2n) is 4.87. The Kier molecular flexibility index (Phi) is 3.22. The van der Waals surface area contributed by atoms with Crippen molar-refractivity contribution in [3.63, 3.8) is 0 Å². The molecule has 3 nitrogen and oxygen atoms in total. The number of hydrogen-bond acceptors (Lipinski definition) is 2. The summed E-state index contributed by atoms with van der Waals surface area (Å²) in [7, 11) is 0. The van der Waals surface area contributed by atoms with E-state index in [9.17, 15) is 4.79 Å². The van der Waals surface area contributed by atoms with Gasteiger partial charge in [-0.25, -0.2) is 0 Å². The van der Waals surface area contributed by atoms with E-state index in [0.29, 0.717) is 22.6 Å². The van der Waals surface area contributed by atoms with Crippen molar-refractivity contribution in [3.8, 4) is 0 Å². The molecule has 0 spiro atoms. The van der Waals surface area contributed by atoms with Crippen molar-refractivity contribution >= 4 is 34.8 Å². The van der Waals surface area contributed by atoms with Gasteiger partial charge in [0.2, 0.25) is 5.91 Å². The van der Waals surface area contributed by atoms with E-state index in [2.05, 4.69) is 5.32 Å². The van der Waals surface area contributed by atoms with E-state index < -0.39 is 0 Å². The van der Waals surface area contributed by atoms with Crippen LogP contribution in [0.25, 0.3) is 0 Å². The summed E-state index contributed by atoms with van der Waals surface area (Å²) >= 11 is 12.0. The molecule has 3 rings (SSSR count). The number of amides is 1. The largest absolute Gasteiger partial charge is 0.310 e. The molecule has 1 aromatic rings. The summed E-state index contributed by atoms with van der Waals surface area (Å²) < 4.78 is 0. The lowest BCUT2D eigenvalue weighted by molar-refractivity contribution is -0.118. The van der Waals surface area contributed by atoms with Crippen LogP contribution in [-0.2, 0) is 4.79 Å². The van der Waals surface area contributed by atoms with Gasteiger partial charge in [0.1, 0.15) is 0 Å². The monoisotopic (exact) mass is 284 g/mol. The predicted octanol–water partition coefficient (Wildman–Crippen LogP) is 2.85. The summed E-state index contributed by atoms with van der Waals surface area (Å²) in [6, 6.07) is 5.73. The molecular formula is C13H14Cl2N2O. The topological polar surface area (TPSA) is 32.3 Å². The molecule has 1 unspecified atom stereocenters. The summed E-state index contributed by atoms with van der Waals surface area (Å²) in [5.74, 6) is 0.117. The van der Waals surface area contributed by atoms with Crippen LogP contribution in [0.5, 0.6) is 0 Å². The SMILES string of the molecule is O=C1C(NC2CC2)CCN1c1ccc(Cl)cc1Cl. The third-order valence-electron chi connectivity index (χ3n) is 3.42. The van der Waals surface area contributed by atoms with Crippen molar-refractivity contribution in [1.29, 1.82) is 0 Å². The van der Waals surface area contributed by atoms with Crippen LogP contribution < -0.4 is 10.2 Å². The molecule has 1 atom stereocenters. The fourth-order valence-corrected chi connectivity index (χ4v) is 2.82. The average Bonchev–Trinajstić information content (AvgIpc) is 3.07. The number of benzene rings is 1. The van der Waals surface area contributed by atoms with Crippen molar-refractivity contribution in [1.82, 2.24) is 5.32 Å². The van der Waals surface area contributed by atoms with Crippen LogP contribution in [0, 0.1) is 0 Å². The maximum Gasteiger partial charge on any atom is 0.244 e. The van der Waals surface area contributed by atoms with Gasteiger partial charge in [-0.05, 0) is 37.5 Å². The lowest BCUT2D eigenvalue weighted by atomic mass is 10.2. The van der Waals surface area contributed by atoms with E-state index in [1.807, 2.05) is 6.07 Å². The van der Waals surface area contributed by atoms with E-state index in [4.69, 9.17) is 23.2 Å². The van der Waals surface area contributed by atoms with Gasteiger partial charge in [-0.15, -0.1) is 0 Å². The van der Waals surface area contributed by atoms with Crippen LogP contribution in [0.1, 0.15) is 19.3 Å². The number of nitrogens with zero attached hydrogens (tertiary/aromatic N) is 1. The zero-order chi connectivity index (χ0) is 12.7. The van der Waals surface area contributed by atoms with Crippen LogP contribution >= 0.6 is 23.2 Å². The second kappa shape index (κ2) is 4.72. The Balaban J connectivity index is 1.78. The third-order valence-corrected chi connectivity index (χ3v) is 3.96. The Morgan fingerprint density at radius 1 is 1.22 bits per heavy atom. The fraction of sp³-hybridized carbons (Fsp3) is 0.462. The Labute approximate surface area is 116 Å². The molecular weight excluding hydrogens is 271 g/mol. The highest BCUT2D eigenvalue weighted by Crippen LogP contribution is 2.32. The first-order chi connectivity index (χ1) is 8.65. The molecule has 1 saturated heterocycles. The van der Waals surface area contributed by atoms with E-state index in [1.54, 1.807) is 17.0 Å². The van der Waals surface area contributed by atoms with E-state index in [0.717, 1.165) is 12.1 Å². The number of nitrogens with one attached hydrogen (secondary N) is 1. The summed E-state index contributed by atoms with van der Waals surface area (Å²) in [6.45, 7) is 0.713. The predicted molar refractivity (Wildman–Crippen MR) is 73.4 cm³/mol. The fourth-order valence-electron chi connectivity index (χ4n) is 2.31. The number of carbonyl (C=O) groups excluding carboxylic acids is 1. The second-order valence-corrected chi connectivity index (χ2v) is 5.71. The van der Waals surface area contributed by atoms with Crippen molar-refractivity contribution in [2.75, 3.05) is 11.4 Å². The minimum absolute atomic E-state index is 0.0516. The first-order valence-electron chi connectivity index (χ1n) is 6.17. The molecule has 96 valence electrons. The van der Waals surface area contributed by atoms with Crippen LogP contribution in [-0.4, -0.2) is 24.5 Å². The summed E-state index contributed by atoms with van der Waals surface area (Å²) in [6.07, 6.45) is 3.21. The number of hydrogen-bond donors (Lipinski definition) is 1. The van der Waals surface area contributed by atoms with E-state index in [-0.39, 0.29) is 11.9 Å². The van der Waals surface area contributed by atoms with Gasteiger partial charge in [0.25, 0.3) is 0 Å². The molecule has 2 aliphatic rings. The van der Waals surface area contributed by atoms with Gasteiger partial charge in [0.15, 0.2) is 0 Å². The molecule has 0 aromatic heterocycles. The molecule has 1 aromatic carbocycles. The zero-order valence-corrected chi connectivity index (χ0v) is 11.3. The van der Waals surface area contributed by atoms with Crippen molar-refractivity contribution < 1.29 is 4.79 Å². The highest BCUT2D eigenvalue weighted by molar-refractivity contribution is 6.36. The molecule has 1 amide bonds. The molecule has 1 saturated carbocycles. The number of carbonyl (C=O) groups is 1. The van der Waals surface area contributed by atoms with Crippen LogP contribution in [0.4, 0.5) is 5.69 Å². The number of rotatable bonds is 3. The van der Waals surface area contributed by atoms with Crippen LogP contribution in [0.15, 0.2) is 18.2 Å². The molecule has 1 N–H and O–H groups in total. The Morgan fingerprint density at radius 2 is 2.00 bits per heavy atom. The van der Waals surface area contributed by atoms with Gasteiger partial charge in [-0.2, -0.15) is 0 Å². The molecule has 1 heterocycles. The Morgan fingerprint density at radius 3 is 2.67 bits per heavy atom. The highest BCUT2D eigenvalue weighted by Gasteiger charge is 2.36. The Bertz CT molecular complexity index is 488. The van der Waals surface area contributed by atoms with Gasteiger partial charge in [-0.3, -0.25) is 4.79 Å². The third kappa shape index (κ3) is 2.35. The smallest absolute Gasteiger partial charge is 0.244 e. The lowest BCUT2D eigenvalue weighted by Crippen LogP contribution is -2.39. The quantitative estimate of drug-likeness (QED) is 0.926. The van der Waals surface area contributed by atoms with Gasteiger partial charge < -0.3 is 10.2 Å². The van der Waals surface area contributed by atoms with Gasteiger partial charge in [0.05, 0.1) is 16.8 Å². The van der Waals surface area contributed by atoms with Gasteiger partial charge in [-0.1, -0.05) is 23.2 Å². The van der Waals surface area contributed by atoms with Crippen molar-refractivity contribution in [2.45, 2.75) is 31.3 Å². The van der Waals surface area contributed by atoms with Crippen molar-refractivity contribution in [3.05, 3.63) is 28.2 Å². The maximum atomic E-state index is 12.3. The summed E-state index contributed by atoms with van der Waals surface area (Å²) in [4.78, 5) is 14.0. The minimum atomic E-state index is -0.0516. The lowest BCUT2D eigenvalue weighted by Gasteiger charge is -2.18. The maximum absolute atomic E-state index is 12.3. The van der Waals surface area contributed by atoms with Crippen LogP contribution in [0.3, 0.4) is 0 Å². The molecule has 1 aliphatic heterocycles. The zero-order valence-electron chi connectivity index (χ0n) is 9.83. The van der Waals surface area contributed by atoms with Crippen molar-refractivity contribution in [2.24, 2.45) is 0 Å². The first-order valence-corrected chi connectivity index (χ1v) is 6.93. The number of halogens is 2. The Hall–Kier alpha value is -0.770. The average molecular weight is 285 g/mol. The standard InChI is InChI=1S/C13H14Cl2N2O/c14-8-1-4-12(10(15)7-8)17-6-5-11(13(17)18)16-9-2-3-9/h1,4,7,9,11,16H,2-3,5-6H2. The summed E-state index contributed by atoms with van der Waals surface area (Å²) in [5, 5.41) is 4.49.